The van der Waals surface area contributed by atoms with Crippen LogP contribution in [-0.4, -0.2) is 12.9 Å². The fraction of sp³-hybridized carbons (Fsp3) is 0.600. The Morgan fingerprint density at radius 2 is 1.65 bits per heavy atom. The first-order valence-corrected chi connectivity index (χ1v) is 6.72. The monoisotopic (exact) mass is 289 g/mol. The second-order valence-corrected chi connectivity index (χ2v) is 5.87. The van der Waals surface area contributed by atoms with E-state index in [1.165, 1.54) is 12.1 Å². The lowest BCUT2D eigenvalue weighted by molar-refractivity contribution is -0.274. The van der Waals surface area contributed by atoms with E-state index in [4.69, 9.17) is 0 Å². The van der Waals surface area contributed by atoms with Crippen molar-refractivity contribution in [3.05, 3.63) is 29.8 Å². The highest BCUT2D eigenvalue weighted by Crippen LogP contribution is 2.34. The molecule has 20 heavy (non-hydrogen) atoms. The molecule has 0 radical (unpaired) electrons. The molecule has 0 bridgehead atoms. The van der Waals surface area contributed by atoms with Crippen LogP contribution in [0.1, 0.15) is 45.7 Å². The molecule has 0 aliphatic carbocycles. The minimum Gasteiger partial charge on any atom is -0.406 e. The van der Waals surface area contributed by atoms with E-state index < -0.39 is 6.36 Å². The van der Waals surface area contributed by atoms with Crippen LogP contribution in [0, 0.1) is 5.41 Å². The molecule has 1 aromatic carbocycles. The van der Waals surface area contributed by atoms with Gasteiger partial charge in [0.15, 0.2) is 0 Å². The molecule has 5 heteroatoms. The predicted molar refractivity (Wildman–Crippen MR) is 73.6 cm³/mol. The van der Waals surface area contributed by atoms with Crippen LogP contribution in [0.3, 0.4) is 0 Å². The Morgan fingerprint density at radius 1 is 1.10 bits per heavy atom. The normalized spacial score (nSPS) is 14.2. The van der Waals surface area contributed by atoms with Crippen LogP contribution in [0.15, 0.2) is 24.3 Å². The van der Waals surface area contributed by atoms with Gasteiger partial charge in [0.2, 0.25) is 0 Å². The van der Waals surface area contributed by atoms with Crippen LogP contribution < -0.4 is 10.1 Å². The lowest BCUT2D eigenvalue weighted by Gasteiger charge is -2.32. The van der Waals surface area contributed by atoms with Crippen LogP contribution in [0.2, 0.25) is 0 Å². The van der Waals surface area contributed by atoms with Crippen LogP contribution in [0.25, 0.3) is 0 Å². The number of nitrogens with one attached hydrogen (secondary N) is 1. The van der Waals surface area contributed by atoms with Crippen molar-refractivity contribution in [2.75, 3.05) is 6.54 Å². The van der Waals surface area contributed by atoms with Crippen molar-refractivity contribution >= 4 is 0 Å². The summed E-state index contributed by atoms with van der Waals surface area (Å²) in [5, 5.41) is 3.43. The van der Waals surface area contributed by atoms with Gasteiger partial charge in [-0.15, -0.1) is 13.2 Å². The lowest BCUT2D eigenvalue weighted by Crippen LogP contribution is -2.32. The van der Waals surface area contributed by atoms with E-state index >= 15 is 0 Å². The summed E-state index contributed by atoms with van der Waals surface area (Å²) in [5.41, 5.74) is 0.933. The van der Waals surface area contributed by atoms with Crippen molar-refractivity contribution in [2.24, 2.45) is 5.41 Å². The molecular formula is C15H22F3NO. The summed E-state index contributed by atoms with van der Waals surface area (Å²) >= 11 is 0. The molecule has 0 saturated heterocycles. The third kappa shape index (κ3) is 5.41. The van der Waals surface area contributed by atoms with Gasteiger partial charge < -0.3 is 10.1 Å². The van der Waals surface area contributed by atoms with Crippen molar-refractivity contribution in [1.29, 1.82) is 0 Å². The van der Waals surface area contributed by atoms with Gasteiger partial charge in [-0.3, -0.25) is 0 Å². The summed E-state index contributed by atoms with van der Waals surface area (Å²) in [5.74, 6) is -0.190. The van der Waals surface area contributed by atoms with Gasteiger partial charge in [0.1, 0.15) is 5.75 Å². The van der Waals surface area contributed by atoms with E-state index in [-0.39, 0.29) is 17.2 Å². The quantitative estimate of drug-likeness (QED) is 0.850. The first kappa shape index (κ1) is 16.8. The Balaban J connectivity index is 2.88. The SMILES string of the molecule is CCCNC(c1ccc(OC(F)(F)F)cc1)C(C)(C)C. The van der Waals surface area contributed by atoms with Crippen LogP contribution in [0.4, 0.5) is 13.2 Å². The zero-order valence-corrected chi connectivity index (χ0v) is 12.3. The highest BCUT2D eigenvalue weighted by atomic mass is 19.4. The minimum atomic E-state index is -4.65. The summed E-state index contributed by atoms with van der Waals surface area (Å²) in [6.45, 7) is 9.23. The number of alkyl halides is 3. The molecule has 0 aliphatic heterocycles. The summed E-state index contributed by atoms with van der Waals surface area (Å²) in [6, 6.07) is 6.16. The largest absolute Gasteiger partial charge is 0.573 e. The molecule has 0 saturated carbocycles. The molecular weight excluding hydrogens is 267 g/mol. The molecule has 0 aliphatic rings. The molecule has 0 amide bonds. The van der Waals surface area contributed by atoms with Crippen molar-refractivity contribution in [2.45, 2.75) is 46.5 Å². The molecule has 0 heterocycles. The molecule has 1 atom stereocenters. The van der Waals surface area contributed by atoms with Gasteiger partial charge in [0.25, 0.3) is 0 Å². The molecule has 0 spiro atoms. The zero-order chi connectivity index (χ0) is 15.4. The topological polar surface area (TPSA) is 21.3 Å². The maximum absolute atomic E-state index is 12.1. The van der Waals surface area contributed by atoms with E-state index in [0.717, 1.165) is 18.5 Å². The maximum Gasteiger partial charge on any atom is 0.573 e. The second kappa shape index (κ2) is 6.48. The van der Waals surface area contributed by atoms with Gasteiger partial charge in [-0.05, 0) is 36.1 Å². The van der Waals surface area contributed by atoms with E-state index in [2.05, 4.69) is 37.7 Å². The van der Waals surface area contributed by atoms with Crippen molar-refractivity contribution < 1.29 is 17.9 Å². The van der Waals surface area contributed by atoms with Crippen molar-refractivity contribution in [3.8, 4) is 5.75 Å². The number of benzene rings is 1. The minimum absolute atomic E-state index is 0.0262. The standard InChI is InChI=1S/C15H22F3NO/c1-5-10-19-13(14(2,3)4)11-6-8-12(9-7-11)20-15(16,17)18/h6-9,13,19H,5,10H2,1-4H3. The molecule has 1 rings (SSSR count). The first-order valence-electron chi connectivity index (χ1n) is 6.72. The number of hydrogen-bond donors (Lipinski definition) is 1. The van der Waals surface area contributed by atoms with Gasteiger partial charge in [0.05, 0.1) is 0 Å². The maximum atomic E-state index is 12.1. The highest BCUT2D eigenvalue weighted by molar-refractivity contribution is 5.30. The second-order valence-electron chi connectivity index (χ2n) is 5.87. The van der Waals surface area contributed by atoms with Crippen LogP contribution in [0.5, 0.6) is 5.75 Å². The van der Waals surface area contributed by atoms with Gasteiger partial charge in [0, 0.05) is 6.04 Å². The highest BCUT2D eigenvalue weighted by Gasteiger charge is 2.31. The summed E-state index contributed by atoms with van der Waals surface area (Å²) in [4.78, 5) is 0. The third-order valence-electron chi connectivity index (χ3n) is 2.91. The van der Waals surface area contributed by atoms with Crippen LogP contribution >= 0.6 is 0 Å². The van der Waals surface area contributed by atoms with E-state index in [9.17, 15) is 13.2 Å². The molecule has 0 aromatic heterocycles. The van der Waals surface area contributed by atoms with Gasteiger partial charge in [-0.2, -0.15) is 0 Å². The molecule has 1 unspecified atom stereocenters. The molecule has 1 N–H and O–H groups in total. The van der Waals surface area contributed by atoms with Crippen LogP contribution in [-0.2, 0) is 0 Å². The summed E-state index contributed by atoms with van der Waals surface area (Å²) < 4.78 is 40.2. The van der Waals surface area contributed by atoms with Crippen molar-refractivity contribution in [3.63, 3.8) is 0 Å². The molecule has 1 aromatic rings. The fourth-order valence-electron chi connectivity index (χ4n) is 2.07. The number of ether oxygens (including phenoxy) is 1. The summed E-state index contributed by atoms with van der Waals surface area (Å²) in [6.07, 6.45) is -3.65. The van der Waals surface area contributed by atoms with Crippen molar-refractivity contribution in [1.82, 2.24) is 5.32 Å². The van der Waals surface area contributed by atoms with Gasteiger partial charge in [-0.1, -0.05) is 39.8 Å². The van der Waals surface area contributed by atoms with E-state index in [1.54, 1.807) is 12.1 Å². The zero-order valence-electron chi connectivity index (χ0n) is 12.3. The van der Waals surface area contributed by atoms with Gasteiger partial charge >= 0.3 is 6.36 Å². The third-order valence-corrected chi connectivity index (χ3v) is 2.91. The number of halogens is 3. The Hall–Kier alpha value is -1.23. The van der Waals surface area contributed by atoms with E-state index in [1.807, 2.05) is 0 Å². The number of rotatable bonds is 5. The van der Waals surface area contributed by atoms with E-state index in [0.29, 0.717) is 0 Å². The molecule has 114 valence electrons. The Kier molecular flexibility index (Phi) is 5.45. The average Bonchev–Trinajstić information content (AvgIpc) is 2.28. The molecule has 0 fully saturated rings. The predicted octanol–water partition coefficient (Wildman–Crippen LogP) is 4.67. The molecule has 2 nitrogen and oxygen atoms in total. The summed E-state index contributed by atoms with van der Waals surface area (Å²) in [7, 11) is 0. The Labute approximate surface area is 118 Å². The lowest BCUT2D eigenvalue weighted by atomic mass is 9.82. The Morgan fingerprint density at radius 3 is 2.05 bits per heavy atom. The average molecular weight is 289 g/mol. The van der Waals surface area contributed by atoms with Gasteiger partial charge in [-0.25, -0.2) is 0 Å². The fourth-order valence-corrected chi connectivity index (χ4v) is 2.07. The Bertz CT molecular complexity index is 407. The number of hydrogen-bond acceptors (Lipinski definition) is 2. The first-order chi connectivity index (χ1) is 9.13. The smallest absolute Gasteiger partial charge is 0.406 e.